The Labute approximate surface area is 104 Å². The number of fused-ring (bicyclic) bond motifs is 1. The van der Waals surface area contributed by atoms with Gasteiger partial charge in [0, 0.05) is 11.1 Å². The summed E-state index contributed by atoms with van der Waals surface area (Å²) in [6.45, 7) is 8.79. The van der Waals surface area contributed by atoms with Crippen LogP contribution >= 0.6 is 0 Å². The molecule has 2 aromatic carbocycles. The smallest absolute Gasteiger partial charge is 0.0428 e. The van der Waals surface area contributed by atoms with E-state index in [2.05, 4.69) is 58.0 Å². The van der Waals surface area contributed by atoms with Gasteiger partial charge in [0.2, 0.25) is 0 Å². The van der Waals surface area contributed by atoms with Gasteiger partial charge in [-0.3, -0.25) is 0 Å². The molecule has 1 heteroatoms. The van der Waals surface area contributed by atoms with Crippen molar-refractivity contribution >= 4 is 16.5 Å². The van der Waals surface area contributed by atoms with Gasteiger partial charge >= 0.3 is 0 Å². The monoisotopic (exact) mass is 227 g/mol. The van der Waals surface area contributed by atoms with Crippen molar-refractivity contribution in [2.75, 3.05) is 5.73 Å². The van der Waals surface area contributed by atoms with Crippen molar-refractivity contribution in [2.24, 2.45) is 0 Å². The highest BCUT2D eigenvalue weighted by atomic mass is 14.6. The second kappa shape index (κ2) is 4.40. The molecule has 0 fully saturated rings. The van der Waals surface area contributed by atoms with Gasteiger partial charge in [-0.2, -0.15) is 0 Å². The highest BCUT2D eigenvalue weighted by Crippen LogP contribution is 2.31. The van der Waals surface area contributed by atoms with Crippen LogP contribution in [0, 0.1) is 0 Å². The predicted molar refractivity (Wildman–Crippen MR) is 76.5 cm³/mol. The van der Waals surface area contributed by atoms with E-state index < -0.39 is 0 Å². The minimum absolute atomic E-state index is 0.476. The Morgan fingerprint density at radius 3 is 2.18 bits per heavy atom. The molecule has 2 N–H and O–H groups in total. The fourth-order valence-corrected chi connectivity index (χ4v) is 2.25. The van der Waals surface area contributed by atoms with E-state index in [0.717, 1.165) is 5.69 Å². The third kappa shape index (κ3) is 2.14. The van der Waals surface area contributed by atoms with E-state index in [4.69, 9.17) is 5.73 Å². The predicted octanol–water partition coefficient (Wildman–Crippen LogP) is 4.67. The van der Waals surface area contributed by atoms with Crippen LogP contribution in [0.3, 0.4) is 0 Å². The van der Waals surface area contributed by atoms with Gasteiger partial charge in [-0.1, -0.05) is 58.0 Å². The summed E-state index contributed by atoms with van der Waals surface area (Å²) in [6, 6.07) is 10.9. The molecule has 0 aliphatic carbocycles. The lowest BCUT2D eigenvalue weighted by Crippen LogP contribution is -1.98. The molecule has 0 aliphatic rings. The van der Waals surface area contributed by atoms with E-state index in [1.54, 1.807) is 0 Å². The summed E-state index contributed by atoms with van der Waals surface area (Å²) >= 11 is 0. The average molecular weight is 227 g/mol. The molecule has 2 aromatic rings. The quantitative estimate of drug-likeness (QED) is 0.741. The van der Waals surface area contributed by atoms with Crippen molar-refractivity contribution < 1.29 is 0 Å². The summed E-state index contributed by atoms with van der Waals surface area (Å²) in [5, 5.41) is 2.43. The van der Waals surface area contributed by atoms with Gasteiger partial charge in [-0.05, 0) is 28.3 Å². The molecule has 2 rings (SSSR count). The summed E-state index contributed by atoms with van der Waals surface area (Å²) in [5.41, 5.74) is 9.80. The minimum Gasteiger partial charge on any atom is -0.398 e. The molecule has 0 bridgehead atoms. The number of benzene rings is 2. The third-order valence-corrected chi connectivity index (χ3v) is 3.41. The van der Waals surface area contributed by atoms with Gasteiger partial charge in [-0.25, -0.2) is 0 Å². The van der Waals surface area contributed by atoms with Crippen LogP contribution in [0.4, 0.5) is 5.69 Å². The van der Waals surface area contributed by atoms with Crippen molar-refractivity contribution in [2.45, 2.75) is 39.5 Å². The van der Waals surface area contributed by atoms with Crippen molar-refractivity contribution in [3.63, 3.8) is 0 Å². The van der Waals surface area contributed by atoms with Gasteiger partial charge in [-0.15, -0.1) is 0 Å². The zero-order valence-corrected chi connectivity index (χ0v) is 11.1. The number of rotatable bonds is 2. The maximum absolute atomic E-state index is 6.25. The highest BCUT2D eigenvalue weighted by Gasteiger charge is 2.08. The third-order valence-electron chi connectivity index (χ3n) is 3.41. The molecule has 0 spiro atoms. The van der Waals surface area contributed by atoms with Gasteiger partial charge in [0.25, 0.3) is 0 Å². The van der Waals surface area contributed by atoms with Gasteiger partial charge < -0.3 is 5.73 Å². The zero-order chi connectivity index (χ0) is 12.6. The van der Waals surface area contributed by atoms with E-state index >= 15 is 0 Å². The molecule has 0 unspecified atom stereocenters. The van der Waals surface area contributed by atoms with E-state index in [1.807, 2.05) is 0 Å². The fraction of sp³-hybridized carbons (Fsp3) is 0.375. The Bertz CT molecular complexity index is 538. The van der Waals surface area contributed by atoms with Crippen molar-refractivity contribution in [1.82, 2.24) is 0 Å². The molecule has 0 aliphatic heterocycles. The van der Waals surface area contributed by atoms with Gasteiger partial charge in [0.1, 0.15) is 0 Å². The summed E-state index contributed by atoms with van der Waals surface area (Å²) < 4.78 is 0. The largest absolute Gasteiger partial charge is 0.398 e. The minimum atomic E-state index is 0.476. The normalized spacial score (nSPS) is 11.6. The van der Waals surface area contributed by atoms with E-state index in [9.17, 15) is 0 Å². The van der Waals surface area contributed by atoms with E-state index in [-0.39, 0.29) is 0 Å². The number of hydrogen-bond donors (Lipinski definition) is 1. The number of nitrogens with two attached hydrogens (primary N) is 1. The molecule has 17 heavy (non-hydrogen) atoms. The standard InChI is InChI=1S/C16H21N/c1-10(2)12-5-8-15-13(9-12)6-7-14(11(3)4)16(15)17/h5-11H,17H2,1-4H3. The Balaban J connectivity index is 2.64. The molecule has 0 heterocycles. The van der Waals surface area contributed by atoms with Crippen LogP contribution in [0.1, 0.15) is 50.7 Å². The lowest BCUT2D eigenvalue weighted by atomic mass is 9.94. The number of anilines is 1. The van der Waals surface area contributed by atoms with Crippen LogP contribution in [-0.2, 0) is 0 Å². The molecule has 0 saturated carbocycles. The Morgan fingerprint density at radius 2 is 1.59 bits per heavy atom. The van der Waals surface area contributed by atoms with Crippen LogP contribution in [0.25, 0.3) is 10.8 Å². The summed E-state index contributed by atoms with van der Waals surface area (Å²) in [4.78, 5) is 0. The summed E-state index contributed by atoms with van der Waals surface area (Å²) in [7, 11) is 0. The molecule has 1 nitrogen and oxygen atoms in total. The lowest BCUT2D eigenvalue weighted by Gasteiger charge is -2.13. The van der Waals surface area contributed by atoms with Gasteiger partial charge in [0.15, 0.2) is 0 Å². The second-order valence-corrected chi connectivity index (χ2v) is 5.36. The topological polar surface area (TPSA) is 26.0 Å². The van der Waals surface area contributed by atoms with Crippen molar-refractivity contribution in [3.05, 3.63) is 41.5 Å². The van der Waals surface area contributed by atoms with Crippen LogP contribution in [-0.4, -0.2) is 0 Å². The Morgan fingerprint density at radius 1 is 0.882 bits per heavy atom. The Kier molecular flexibility index (Phi) is 3.10. The number of hydrogen-bond acceptors (Lipinski definition) is 1. The first-order valence-electron chi connectivity index (χ1n) is 6.32. The zero-order valence-electron chi connectivity index (χ0n) is 11.1. The second-order valence-electron chi connectivity index (χ2n) is 5.36. The summed E-state index contributed by atoms with van der Waals surface area (Å²) in [6.07, 6.45) is 0. The molecule has 0 radical (unpaired) electrons. The molecule has 0 aromatic heterocycles. The maximum Gasteiger partial charge on any atom is 0.0428 e. The Hall–Kier alpha value is -1.50. The van der Waals surface area contributed by atoms with Crippen LogP contribution in [0.2, 0.25) is 0 Å². The first kappa shape index (κ1) is 12.0. The first-order chi connectivity index (χ1) is 8.00. The average Bonchev–Trinajstić information content (AvgIpc) is 2.28. The molecule has 0 atom stereocenters. The van der Waals surface area contributed by atoms with E-state index in [0.29, 0.717) is 11.8 Å². The first-order valence-corrected chi connectivity index (χ1v) is 6.32. The van der Waals surface area contributed by atoms with Gasteiger partial charge in [0.05, 0.1) is 0 Å². The van der Waals surface area contributed by atoms with E-state index in [1.165, 1.54) is 21.9 Å². The molecule has 0 amide bonds. The SMILES string of the molecule is CC(C)c1ccc2c(N)c(C(C)C)ccc2c1. The van der Waals surface area contributed by atoms with Crippen LogP contribution < -0.4 is 5.73 Å². The van der Waals surface area contributed by atoms with Crippen molar-refractivity contribution in [1.29, 1.82) is 0 Å². The molecule has 90 valence electrons. The maximum atomic E-state index is 6.25. The fourth-order valence-electron chi connectivity index (χ4n) is 2.25. The number of nitrogen functional groups attached to an aromatic ring is 1. The van der Waals surface area contributed by atoms with Crippen LogP contribution in [0.15, 0.2) is 30.3 Å². The molecule has 0 saturated heterocycles. The lowest BCUT2D eigenvalue weighted by molar-refractivity contribution is 0.867. The summed E-state index contributed by atoms with van der Waals surface area (Å²) in [5.74, 6) is 1.04. The highest BCUT2D eigenvalue weighted by molar-refractivity contribution is 5.95. The van der Waals surface area contributed by atoms with Crippen LogP contribution in [0.5, 0.6) is 0 Å². The van der Waals surface area contributed by atoms with Crippen molar-refractivity contribution in [3.8, 4) is 0 Å². The molecular formula is C16H21N. The molecular weight excluding hydrogens is 206 g/mol.